The Morgan fingerprint density at radius 3 is 2.39 bits per heavy atom. The summed E-state index contributed by atoms with van der Waals surface area (Å²) in [5, 5.41) is 33.9. The van der Waals surface area contributed by atoms with E-state index >= 15 is 0 Å². The zero-order valence-corrected chi connectivity index (χ0v) is 10.9. The smallest absolute Gasteiger partial charge is 0.377 e. The second-order valence-electron chi connectivity index (χ2n) is 6.00. The summed E-state index contributed by atoms with van der Waals surface area (Å²) in [6.45, 7) is 1.78. The van der Waals surface area contributed by atoms with Crippen LogP contribution >= 0.6 is 0 Å². The van der Waals surface area contributed by atoms with Crippen molar-refractivity contribution in [3.8, 4) is 0 Å². The molecule has 0 aromatic rings. The molecular weight excluding hydrogens is 232 g/mol. The van der Waals surface area contributed by atoms with Crippen LogP contribution in [0.1, 0.15) is 58.3 Å². The van der Waals surface area contributed by atoms with Gasteiger partial charge in [0.15, 0.2) is 0 Å². The van der Waals surface area contributed by atoms with Crippen molar-refractivity contribution in [3.63, 3.8) is 0 Å². The Kier molecular flexibility index (Phi) is 2.46. The lowest BCUT2D eigenvalue weighted by atomic mass is 9.73. The molecule has 3 aliphatic rings. The molecule has 0 unspecified atom stereocenters. The molecule has 1 heterocycles. The number of nitrogens with zero attached hydrogens (tertiary/aromatic N) is 2. The van der Waals surface area contributed by atoms with Crippen LogP contribution in [-0.4, -0.2) is 42.5 Å². The van der Waals surface area contributed by atoms with E-state index in [4.69, 9.17) is 0 Å². The van der Waals surface area contributed by atoms with Crippen LogP contribution in [0.25, 0.3) is 0 Å². The van der Waals surface area contributed by atoms with Gasteiger partial charge >= 0.3 is 5.72 Å². The van der Waals surface area contributed by atoms with Crippen molar-refractivity contribution >= 4 is 11.4 Å². The number of hydroxylamine groups is 2. The van der Waals surface area contributed by atoms with Crippen molar-refractivity contribution in [2.24, 2.45) is 0 Å². The topological polar surface area (TPSA) is 69.5 Å². The van der Waals surface area contributed by atoms with Gasteiger partial charge in [-0.05, 0) is 25.7 Å². The monoisotopic (exact) mass is 253 g/mol. The summed E-state index contributed by atoms with van der Waals surface area (Å²) >= 11 is 0. The highest BCUT2D eigenvalue weighted by Crippen LogP contribution is 2.42. The van der Waals surface area contributed by atoms with Crippen LogP contribution < -0.4 is 0 Å². The SMILES string of the molecule is C[C@]12CCCC[C@]1(O)[N+](O)=C1CCCCC1=[N+]2[O-]. The summed E-state index contributed by atoms with van der Waals surface area (Å²) in [6, 6.07) is 0. The van der Waals surface area contributed by atoms with E-state index in [2.05, 4.69) is 0 Å². The maximum Gasteiger partial charge on any atom is 0.377 e. The molecule has 0 saturated heterocycles. The van der Waals surface area contributed by atoms with Crippen LogP contribution in [0.15, 0.2) is 0 Å². The van der Waals surface area contributed by atoms with Crippen molar-refractivity contribution in [2.75, 3.05) is 0 Å². The minimum atomic E-state index is -1.43. The first-order valence-electron chi connectivity index (χ1n) is 6.91. The summed E-state index contributed by atoms with van der Waals surface area (Å²) in [4.78, 5) is 0. The van der Waals surface area contributed by atoms with Gasteiger partial charge in [-0.15, -0.1) is 0 Å². The van der Waals surface area contributed by atoms with Gasteiger partial charge in [0.25, 0.3) is 17.0 Å². The molecule has 2 fully saturated rings. The summed E-state index contributed by atoms with van der Waals surface area (Å²) in [6.07, 6.45) is 6.20. The second-order valence-corrected chi connectivity index (χ2v) is 6.00. The molecule has 2 aliphatic carbocycles. The lowest BCUT2D eigenvalue weighted by Crippen LogP contribution is -2.70. The van der Waals surface area contributed by atoms with Crippen molar-refractivity contribution in [2.45, 2.75) is 69.6 Å². The van der Waals surface area contributed by atoms with Gasteiger partial charge in [0.05, 0.1) is 6.42 Å². The third kappa shape index (κ3) is 1.25. The predicted octanol–water partition coefficient (Wildman–Crippen LogP) is 1.39. The highest BCUT2D eigenvalue weighted by molar-refractivity contribution is 6.38. The number of hydrogen-bond acceptors (Lipinski definition) is 3. The van der Waals surface area contributed by atoms with Crippen molar-refractivity contribution in [1.29, 1.82) is 0 Å². The molecular formula is C13H21N2O3+. The summed E-state index contributed by atoms with van der Waals surface area (Å²) in [7, 11) is 0. The van der Waals surface area contributed by atoms with E-state index in [1.807, 2.05) is 0 Å². The molecule has 5 nitrogen and oxygen atoms in total. The fraction of sp³-hybridized carbons (Fsp3) is 0.846. The number of fused-ring (bicyclic) bond motifs is 2. The molecule has 18 heavy (non-hydrogen) atoms. The fourth-order valence-corrected chi connectivity index (χ4v) is 3.75. The molecule has 5 heteroatoms. The molecule has 0 bridgehead atoms. The molecule has 2 saturated carbocycles. The molecule has 3 rings (SSSR count). The maximum absolute atomic E-state index is 12.6. The van der Waals surface area contributed by atoms with Gasteiger partial charge in [-0.25, -0.2) is 0 Å². The van der Waals surface area contributed by atoms with Crippen LogP contribution in [0.2, 0.25) is 0 Å². The first kappa shape index (κ1) is 12.0. The lowest BCUT2D eigenvalue weighted by Gasteiger charge is -2.43. The third-order valence-electron chi connectivity index (χ3n) is 5.01. The second kappa shape index (κ2) is 3.70. The normalized spacial score (nSPS) is 40.6. The highest BCUT2D eigenvalue weighted by atomic mass is 16.5. The Labute approximate surface area is 107 Å². The van der Waals surface area contributed by atoms with E-state index in [0.717, 1.165) is 35.2 Å². The quantitative estimate of drug-likeness (QED) is 0.389. The van der Waals surface area contributed by atoms with Gasteiger partial charge in [-0.2, -0.15) is 4.74 Å². The van der Waals surface area contributed by atoms with Crippen LogP contribution in [0.5, 0.6) is 0 Å². The van der Waals surface area contributed by atoms with Crippen molar-refractivity contribution in [1.82, 2.24) is 0 Å². The van der Waals surface area contributed by atoms with Gasteiger partial charge < -0.3 is 10.3 Å². The van der Waals surface area contributed by atoms with Gasteiger partial charge in [0, 0.05) is 30.9 Å². The minimum absolute atomic E-state index is 0.454. The molecule has 1 aliphatic heterocycles. The van der Waals surface area contributed by atoms with E-state index in [1.165, 1.54) is 0 Å². The van der Waals surface area contributed by atoms with Crippen LogP contribution in [0.3, 0.4) is 0 Å². The lowest BCUT2D eigenvalue weighted by molar-refractivity contribution is -0.892. The van der Waals surface area contributed by atoms with Gasteiger partial charge in [-0.1, -0.05) is 0 Å². The van der Waals surface area contributed by atoms with Gasteiger partial charge in [0.1, 0.15) is 0 Å². The van der Waals surface area contributed by atoms with Gasteiger partial charge in [0.2, 0.25) is 0 Å². The Bertz CT molecular complexity index is 415. The Morgan fingerprint density at radius 2 is 1.67 bits per heavy atom. The molecule has 2 N–H and O–H groups in total. The van der Waals surface area contributed by atoms with Gasteiger partial charge in [-0.3, -0.25) is 5.21 Å². The van der Waals surface area contributed by atoms with E-state index in [-0.39, 0.29) is 0 Å². The summed E-state index contributed by atoms with van der Waals surface area (Å²) in [5.41, 5.74) is -1.03. The van der Waals surface area contributed by atoms with Crippen molar-refractivity contribution < 1.29 is 19.8 Å². The maximum atomic E-state index is 12.6. The Morgan fingerprint density at radius 1 is 1.06 bits per heavy atom. The van der Waals surface area contributed by atoms with Crippen LogP contribution in [0.4, 0.5) is 0 Å². The zero-order valence-electron chi connectivity index (χ0n) is 10.9. The first-order chi connectivity index (χ1) is 8.51. The van der Waals surface area contributed by atoms with E-state index in [1.54, 1.807) is 6.92 Å². The Balaban J connectivity index is 2.19. The van der Waals surface area contributed by atoms with E-state index < -0.39 is 11.3 Å². The first-order valence-corrected chi connectivity index (χ1v) is 6.91. The highest BCUT2D eigenvalue weighted by Gasteiger charge is 2.69. The third-order valence-corrected chi connectivity index (χ3v) is 5.01. The molecule has 2 atom stereocenters. The number of aliphatic hydroxyl groups is 1. The summed E-state index contributed by atoms with van der Waals surface area (Å²) < 4.78 is 2.03. The zero-order chi connectivity index (χ0) is 13.0. The average Bonchev–Trinajstić information content (AvgIpc) is 2.39. The van der Waals surface area contributed by atoms with E-state index in [9.17, 15) is 15.5 Å². The fourth-order valence-electron chi connectivity index (χ4n) is 3.75. The molecule has 100 valence electrons. The standard InChI is InChI=1S/C13H21N2O3/c1-12-8-4-5-9-13(12,16)15(18)11-7-3-2-6-10(11)14(12)17/h16,18H,2-9H2,1H3/q+1/t12-,13+/m0/s1. The average molecular weight is 253 g/mol. The Hall–Kier alpha value is -1.10. The summed E-state index contributed by atoms with van der Waals surface area (Å²) in [5.74, 6) is 0. The van der Waals surface area contributed by atoms with Crippen LogP contribution in [-0.2, 0) is 0 Å². The minimum Gasteiger partial charge on any atom is -0.623 e. The van der Waals surface area contributed by atoms with E-state index in [0.29, 0.717) is 37.1 Å². The molecule has 0 amide bonds. The molecule has 0 spiro atoms. The predicted molar refractivity (Wildman–Crippen MR) is 66.0 cm³/mol. The number of hydrogen-bond donors (Lipinski definition) is 2. The van der Waals surface area contributed by atoms with Crippen molar-refractivity contribution in [3.05, 3.63) is 5.21 Å². The number of rotatable bonds is 0. The largest absolute Gasteiger partial charge is 0.623 e. The molecule has 0 aromatic heterocycles. The van der Waals surface area contributed by atoms with Crippen LogP contribution in [0, 0.1) is 5.21 Å². The molecule has 0 aromatic carbocycles. The molecule has 0 radical (unpaired) electrons.